The first-order valence-corrected chi connectivity index (χ1v) is 5.10. The van der Waals surface area contributed by atoms with E-state index >= 15 is 0 Å². The Labute approximate surface area is 80.9 Å². The predicted octanol–water partition coefficient (Wildman–Crippen LogP) is 0.426. The summed E-state index contributed by atoms with van der Waals surface area (Å²) in [6, 6.07) is 0.304. The molecule has 0 amide bonds. The van der Waals surface area contributed by atoms with E-state index in [4.69, 9.17) is 5.73 Å². The minimum Gasteiger partial charge on any atom is -0.395 e. The van der Waals surface area contributed by atoms with Crippen molar-refractivity contribution in [3.8, 4) is 0 Å². The lowest BCUT2D eigenvalue weighted by Gasteiger charge is -2.39. The maximum atomic E-state index is 9.28. The van der Waals surface area contributed by atoms with Crippen molar-refractivity contribution in [1.29, 1.82) is 0 Å². The Bertz CT molecular complexity index is 170. The van der Waals surface area contributed by atoms with Gasteiger partial charge < -0.3 is 10.8 Å². The Hall–Kier alpha value is -0.120. The molecule has 1 aliphatic heterocycles. The van der Waals surface area contributed by atoms with Gasteiger partial charge in [-0.2, -0.15) is 0 Å². The third-order valence-electron chi connectivity index (χ3n) is 3.35. The summed E-state index contributed by atoms with van der Waals surface area (Å²) in [4.78, 5) is 2.34. The molecule has 1 saturated heterocycles. The minimum atomic E-state index is 0.0259. The fourth-order valence-electron chi connectivity index (χ4n) is 2.16. The van der Waals surface area contributed by atoms with E-state index in [1.165, 1.54) is 6.42 Å². The Morgan fingerprint density at radius 3 is 2.62 bits per heavy atom. The van der Waals surface area contributed by atoms with Gasteiger partial charge in [-0.15, -0.1) is 0 Å². The standard InChI is InChI=1S/C10H22N2O/c1-8-4-5-12(9(8)6-13)10(2,3)7-11/h8-9,13H,4-7,11H2,1-3H3. The summed E-state index contributed by atoms with van der Waals surface area (Å²) < 4.78 is 0. The normalized spacial score (nSPS) is 31.2. The van der Waals surface area contributed by atoms with Crippen molar-refractivity contribution in [3.05, 3.63) is 0 Å². The maximum absolute atomic E-state index is 9.28. The van der Waals surface area contributed by atoms with Crippen LogP contribution in [0.25, 0.3) is 0 Å². The second-order valence-electron chi connectivity index (χ2n) is 4.73. The summed E-state index contributed by atoms with van der Waals surface area (Å²) in [6.07, 6.45) is 1.18. The van der Waals surface area contributed by atoms with Gasteiger partial charge in [-0.1, -0.05) is 6.92 Å². The third-order valence-corrected chi connectivity index (χ3v) is 3.35. The van der Waals surface area contributed by atoms with Crippen LogP contribution in [0.1, 0.15) is 27.2 Å². The quantitative estimate of drug-likeness (QED) is 0.672. The van der Waals surface area contributed by atoms with Gasteiger partial charge in [0.25, 0.3) is 0 Å². The number of rotatable bonds is 3. The summed E-state index contributed by atoms with van der Waals surface area (Å²) in [6.45, 7) is 8.46. The molecule has 0 aromatic carbocycles. The van der Waals surface area contributed by atoms with E-state index < -0.39 is 0 Å². The molecule has 1 aliphatic rings. The number of hydrogen-bond donors (Lipinski definition) is 2. The van der Waals surface area contributed by atoms with Crippen LogP contribution >= 0.6 is 0 Å². The highest BCUT2D eigenvalue weighted by atomic mass is 16.3. The van der Waals surface area contributed by atoms with Crippen LogP contribution in [-0.2, 0) is 0 Å². The van der Waals surface area contributed by atoms with Gasteiger partial charge in [0.1, 0.15) is 0 Å². The fourth-order valence-corrected chi connectivity index (χ4v) is 2.16. The number of likely N-dealkylation sites (tertiary alicyclic amines) is 1. The van der Waals surface area contributed by atoms with Crippen molar-refractivity contribution in [2.24, 2.45) is 11.7 Å². The van der Waals surface area contributed by atoms with Gasteiger partial charge in [-0.05, 0) is 32.7 Å². The molecule has 78 valence electrons. The molecular formula is C10H22N2O. The van der Waals surface area contributed by atoms with Gasteiger partial charge in [0.15, 0.2) is 0 Å². The van der Waals surface area contributed by atoms with E-state index in [1.807, 2.05) is 0 Å². The number of nitrogens with two attached hydrogens (primary N) is 1. The van der Waals surface area contributed by atoms with Crippen LogP contribution in [0.3, 0.4) is 0 Å². The van der Waals surface area contributed by atoms with Crippen molar-refractivity contribution in [1.82, 2.24) is 4.90 Å². The van der Waals surface area contributed by atoms with E-state index in [0.717, 1.165) is 6.54 Å². The van der Waals surface area contributed by atoms with Gasteiger partial charge in [0, 0.05) is 18.1 Å². The number of aliphatic hydroxyl groups is 1. The van der Waals surface area contributed by atoms with Crippen LogP contribution in [0.2, 0.25) is 0 Å². The zero-order valence-electron chi connectivity index (χ0n) is 8.95. The Morgan fingerprint density at radius 2 is 2.15 bits per heavy atom. The topological polar surface area (TPSA) is 49.5 Å². The molecule has 13 heavy (non-hydrogen) atoms. The lowest BCUT2D eigenvalue weighted by Crippen LogP contribution is -2.53. The second-order valence-corrected chi connectivity index (χ2v) is 4.73. The zero-order chi connectivity index (χ0) is 10.1. The summed E-state index contributed by atoms with van der Waals surface area (Å²) in [5.74, 6) is 0.593. The van der Waals surface area contributed by atoms with Crippen molar-refractivity contribution in [3.63, 3.8) is 0 Å². The maximum Gasteiger partial charge on any atom is 0.0589 e. The summed E-state index contributed by atoms with van der Waals surface area (Å²) in [5.41, 5.74) is 5.75. The monoisotopic (exact) mass is 186 g/mol. The average Bonchev–Trinajstić information content (AvgIpc) is 2.47. The summed E-state index contributed by atoms with van der Waals surface area (Å²) in [7, 11) is 0. The Kier molecular flexibility index (Phi) is 3.33. The first-order chi connectivity index (χ1) is 6.03. The number of aliphatic hydroxyl groups excluding tert-OH is 1. The zero-order valence-corrected chi connectivity index (χ0v) is 8.95. The number of hydrogen-bond acceptors (Lipinski definition) is 3. The van der Waals surface area contributed by atoms with Crippen LogP contribution < -0.4 is 5.73 Å². The first kappa shape index (κ1) is 11.0. The lowest BCUT2D eigenvalue weighted by molar-refractivity contribution is 0.0615. The molecule has 3 N–H and O–H groups in total. The lowest BCUT2D eigenvalue weighted by atomic mass is 9.99. The largest absolute Gasteiger partial charge is 0.395 e. The van der Waals surface area contributed by atoms with Gasteiger partial charge >= 0.3 is 0 Å². The highest BCUT2D eigenvalue weighted by Gasteiger charge is 2.38. The summed E-state index contributed by atoms with van der Waals surface area (Å²) >= 11 is 0. The Morgan fingerprint density at radius 1 is 1.54 bits per heavy atom. The second kappa shape index (κ2) is 3.95. The molecule has 0 saturated carbocycles. The highest BCUT2D eigenvalue weighted by molar-refractivity contribution is 4.94. The molecule has 0 spiro atoms. The van der Waals surface area contributed by atoms with Crippen LogP contribution in [-0.4, -0.2) is 41.3 Å². The SMILES string of the molecule is CC1CCN(C(C)(C)CN)C1CO. The van der Waals surface area contributed by atoms with Gasteiger partial charge in [0.2, 0.25) is 0 Å². The molecule has 0 aliphatic carbocycles. The van der Waals surface area contributed by atoms with Crippen molar-refractivity contribution < 1.29 is 5.11 Å². The van der Waals surface area contributed by atoms with Gasteiger partial charge in [-0.25, -0.2) is 0 Å². The third kappa shape index (κ3) is 2.03. The summed E-state index contributed by atoms with van der Waals surface area (Å²) in [5, 5.41) is 9.28. The van der Waals surface area contributed by atoms with Crippen LogP contribution in [0.4, 0.5) is 0 Å². The van der Waals surface area contributed by atoms with Crippen LogP contribution in [0, 0.1) is 5.92 Å². The minimum absolute atomic E-state index is 0.0259. The molecule has 0 bridgehead atoms. The molecule has 0 aromatic heterocycles. The van der Waals surface area contributed by atoms with E-state index in [1.54, 1.807) is 0 Å². The van der Waals surface area contributed by atoms with Crippen LogP contribution in [0.5, 0.6) is 0 Å². The smallest absolute Gasteiger partial charge is 0.0589 e. The van der Waals surface area contributed by atoms with Gasteiger partial charge in [-0.3, -0.25) is 4.90 Å². The highest BCUT2D eigenvalue weighted by Crippen LogP contribution is 2.29. The van der Waals surface area contributed by atoms with Gasteiger partial charge in [0.05, 0.1) is 6.61 Å². The molecular weight excluding hydrogens is 164 g/mol. The van der Waals surface area contributed by atoms with Crippen molar-refractivity contribution in [2.45, 2.75) is 38.8 Å². The van der Waals surface area contributed by atoms with Crippen LogP contribution in [0.15, 0.2) is 0 Å². The molecule has 2 unspecified atom stereocenters. The van der Waals surface area contributed by atoms with E-state index in [9.17, 15) is 5.11 Å². The molecule has 3 nitrogen and oxygen atoms in total. The molecule has 0 radical (unpaired) electrons. The van der Waals surface area contributed by atoms with E-state index in [0.29, 0.717) is 18.5 Å². The molecule has 1 fully saturated rings. The number of nitrogens with zero attached hydrogens (tertiary/aromatic N) is 1. The Balaban J connectivity index is 2.70. The molecule has 2 atom stereocenters. The molecule has 1 heterocycles. The molecule has 1 rings (SSSR count). The van der Waals surface area contributed by atoms with E-state index in [2.05, 4.69) is 25.7 Å². The van der Waals surface area contributed by atoms with E-state index in [-0.39, 0.29) is 12.1 Å². The fraction of sp³-hybridized carbons (Fsp3) is 1.00. The molecule has 3 heteroatoms. The van der Waals surface area contributed by atoms with Crippen molar-refractivity contribution in [2.75, 3.05) is 19.7 Å². The predicted molar refractivity (Wildman–Crippen MR) is 54.5 cm³/mol. The molecule has 0 aromatic rings. The first-order valence-electron chi connectivity index (χ1n) is 5.10. The average molecular weight is 186 g/mol. The van der Waals surface area contributed by atoms with Crippen molar-refractivity contribution >= 4 is 0 Å².